The molecule has 0 unspecified atom stereocenters. The lowest BCUT2D eigenvalue weighted by atomic mass is 10.0. The van der Waals surface area contributed by atoms with Crippen molar-refractivity contribution in [2.24, 2.45) is 0 Å². The van der Waals surface area contributed by atoms with Gasteiger partial charge in [0.15, 0.2) is 0 Å². The van der Waals surface area contributed by atoms with E-state index < -0.39 is 6.04 Å². The molecule has 1 heterocycles. The van der Waals surface area contributed by atoms with Gasteiger partial charge < -0.3 is 10.4 Å². The number of carbonyl (C=O) groups is 1. The zero-order valence-corrected chi connectivity index (χ0v) is 15.8. The SMILES string of the molecule is Cc1cc2[nH]nc(-c3cccc(F)c3)c2cc1C(=O)N[C@H](CO)c1ccccc1. The summed E-state index contributed by atoms with van der Waals surface area (Å²) in [6.45, 7) is 1.63. The van der Waals surface area contributed by atoms with Gasteiger partial charge in [-0.05, 0) is 42.3 Å². The van der Waals surface area contributed by atoms with Gasteiger partial charge in [-0.15, -0.1) is 0 Å². The Bertz CT molecular complexity index is 1170. The number of aromatic amines is 1. The average Bonchev–Trinajstić information content (AvgIpc) is 3.14. The summed E-state index contributed by atoms with van der Waals surface area (Å²) < 4.78 is 13.6. The van der Waals surface area contributed by atoms with E-state index in [0.29, 0.717) is 16.8 Å². The molecule has 0 spiro atoms. The molecule has 1 aromatic heterocycles. The quantitative estimate of drug-likeness (QED) is 0.480. The van der Waals surface area contributed by atoms with E-state index in [1.807, 2.05) is 43.3 Å². The highest BCUT2D eigenvalue weighted by Gasteiger charge is 2.19. The average molecular weight is 389 g/mol. The molecular formula is C23H20FN3O2. The fourth-order valence-corrected chi connectivity index (χ4v) is 3.43. The first-order chi connectivity index (χ1) is 14.1. The molecule has 0 aliphatic rings. The number of nitrogens with zero attached hydrogens (tertiary/aromatic N) is 1. The molecular weight excluding hydrogens is 369 g/mol. The fraction of sp³-hybridized carbons (Fsp3) is 0.130. The minimum Gasteiger partial charge on any atom is -0.394 e. The maximum Gasteiger partial charge on any atom is 0.252 e. The van der Waals surface area contributed by atoms with Crippen molar-refractivity contribution in [3.63, 3.8) is 0 Å². The molecule has 29 heavy (non-hydrogen) atoms. The molecule has 146 valence electrons. The van der Waals surface area contributed by atoms with Crippen LogP contribution in [0.15, 0.2) is 66.7 Å². The van der Waals surface area contributed by atoms with Crippen LogP contribution in [0, 0.1) is 12.7 Å². The second-order valence-corrected chi connectivity index (χ2v) is 6.91. The van der Waals surface area contributed by atoms with Crippen molar-refractivity contribution < 1.29 is 14.3 Å². The van der Waals surface area contributed by atoms with Gasteiger partial charge in [0.05, 0.1) is 18.2 Å². The number of rotatable bonds is 5. The number of aryl methyl sites for hydroxylation is 1. The van der Waals surface area contributed by atoms with Gasteiger partial charge in [-0.1, -0.05) is 42.5 Å². The van der Waals surface area contributed by atoms with Crippen molar-refractivity contribution in [3.8, 4) is 11.3 Å². The zero-order valence-electron chi connectivity index (χ0n) is 15.8. The first-order valence-corrected chi connectivity index (χ1v) is 9.28. The molecule has 1 amide bonds. The number of amides is 1. The lowest BCUT2D eigenvalue weighted by Crippen LogP contribution is -2.31. The van der Waals surface area contributed by atoms with Crippen LogP contribution >= 0.6 is 0 Å². The molecule has 1 atom stereocenters. The topological polar surface area (TPSA) is 78.0 Å². The van der Waals surface area contributed by atoms with Gasteiger partial charge in [0.1, 0.15) is 11.5 Å². The maximum absolute atomic E-state index is 13.6. The second kappa shape index (κ2) is 7.85. The number of hydrogen-bond donors (Lipinski definition) is 3. The van der Waals surface area contributed by atoms with E-state index in [2.05, 4.69) is 15.5 Å². The zero-order chi connectivity index (χ0) is 20.4. The van der Waals surface area contributed by atoms with Gasteiger partial charge in [-0.3, -0.25) is 9.89 Å². The van der Waals surface area contributed by atoms with Crippen molar-refractivity contribution in [1.29, 1.82) is 0 Å². The first-order valence-electron chi connectivity index (χ1n) is 9.28. The molecule has 3 N–H and O–H groups in total. The number of aliphatic hydroxyl groups is 1. The van der Waals surface area contributed by atoms with Crippen molar-refractivity contribution in [1.82, 2.24) is 15.5 Å². The third-order valence-electron chi connectivity index (χ3n) is 4.94. The summed E-state index contributed by atoms with van der Waals surface area (Å²) >= 11 is 0. The molecule has 0 radical (unpaired) electrons. The summed E-state index contributed by atoms with van der Waals surface area (Å²) in [4.78, 5) is 13.0. The van der Waals surface area contributed by atoms with E-state index in [1.165, 1.54) is 12.1 Å². The molecule has 5 nitrogen and oxygen atoms in total. The summed E-state index contributed by atoms with van der Waals surface area (Å²) in [6.07, 6.45) is 0. The van der Waals surface area contributed by atoms with Gasteiger partial charge in [0.2, 0.25) is 0 Å². The van der Waals surface area contributed by atoms with E-state index >= 15 is 0 Å². The third kappa shape index (κ3) is 3.75. The molecule has 0 saturated heterocycles. The highest BCUT2D eigenvalue weighted by molar-refractivity contribution is 6.03. The van der Waals surface area contributed by atoms with Crippen LogP contribution in [0.3, 0.4) is 0 Å². The highest BCUT2D eigenvalue weighted by Crippen LogP contribution is 2.29. The summed E-state index contributed by atoms with van der Waals surface area (Å²) in [5.41, 5.74) is 4.05. The summed E-state index contributed by atoms with van der Waals surface area (Å²) in [7, 11) is 0. The van der Waals surface area contributed by atoms with Gasteiger partial charge in [-0.2, -0.15) is 5.10 Å². The number of hydrogen-bond acceptors (Lipinski definition) is 3. The Kier molecular flexibility index (Phi) is 5.10. The van der Waals surface area contributed by atoms with Crippen molar-refractivity contribution in [2.45, 2.75) is 13.0 Å². The molecule has 4 rings (SSSR count). The number of carbonyl (C=O) groups excluding carboxylic acids is 1. The number of benzene rings is 3. The van der Waals surface area contributed by atoms with E-state index in [-0.39, 0.29) is 18.3 Å². The van der Waals surface area contributed by atoms with Gasteiger partial charge >= 0.3 is 0 Å². The standard InChI is InChI=1S/C23H20FN3O2/c1-14-10-20-19(22(27-26-20)16-8-5-9-17(24)11-16)12-18(14)23(29)25-21(13-28)15-6-3-2-4-7-15/h2-12,21,28H,13H2,1H3,(H,25,29)(H,26,27)/t21-/m1/s1. The molecule has 3 aromatic carbocycles. The minimum absolute atomic E-state index is 0.211. The fourth-order valence-electron chi connectivity index (χ4n) is 3.43. The molecule has 0 aliphatic heterocycles. The highest BCUT2D eigenvalue weighted by atomic mass is 19.1. The van der Waals surface area contributed by atoms with Crippen LogP contribution in [-0.4, -0.2) is 27.8 Å². The van der Waals surface area contributed by atoms with Crippen molar-refractivity contribution >= 4 is 16.8 Å². The Balaban J connectivity index is 1.71. The van der Waals surface area contributed by atoms with E-state index in [9.17, 15) is 14.3 Å². The van der Waals surface area contributed by atoms with E-state index in [4.69, 9.17) is 0 Å². The smallest absolute Gasteiger partial charge is 0.252 e. The summed E-state index contributed by atoms with van der Waals surface area (Å²) in [6, 6.07) is 18.6. The number of halogens is 1. The van der Waals surface area contributed by atoms with Gasteiger partial charge in [-0.25, -0.2) is 4.39 Å². The number of aliphatic hydroxyl groups excluding tert-OH is 1. The van der Waals surface area contributed by atoms with Crippen LogP contribution < -0.4 is 5.32 Å². The number of aromatic nitrogens is 2. The van der Waals surface area contributed by atoms with Gasteiger partial charge in [0.25, 0.3) is 5.91 Å². The first kappa shape index (κ1) is 18.8. The Morgan fingerprint density at radius 1 is 1.14 bits per heavy atom. The van der Waals surface area contributed by atoms with Crippen molar-refractivity contribution in [2.75, 3.05) is 6.61 Å². The van der Waals surface area contributed by atoms with Crippen LogP contribution in [-0.2, 0) is 0 Å². The maximum atomic E-state index is 13.6. The van der Waals surface area contributed by atoms with Crippen LogP contribution in [0.5, 0.6) is 0 Å². The normalized spacial score (nSPS) is 12.1. The number of H-pyrrole nitrogens is 1. The van der Waals surface area contributed by atoms with Crippen LogP contribution in [0.25, 0.3) is 22.2 Å². The Labute approximate surface area is 167 Å². The largest absolute Gasteiger partial charge is 0.394 e. The molecule has 0 fully saturated rings. The molecule has 4 aromatic rings. The predicted octanol–water partition coefficient (Wildman–Crippen LogP) is 4.14. The summed E-state index contributed by atoms with van der Waals surface area (Å²) in [5, 5.41) is 20.6. The number of nitrogens with one attached hydrogen (secondary N) is 2. The lowest BCUT2D eigenvalue weighted by Gasteiger charge is -2.17. The molecule has 6 heteroatoms. The second-order valence-electron chi connectivity index (χ2n) is 6.91. The minimum atomic E-state index is -0.508. The third-order valence-corrected chi connectivity index (χ3v) is 4.94. The predicted molar refractivity (Wildman–Crippen MR) is 110 cm³/mol. The molecule has 0 bridgehead atoms. The Morgan fingerprint density at radius 2 is 1.93 bits per heavy atom. The van der Waals surface area contributed by atoms with E-state index in [0.717, 1.165) is 22.0 Å². The molecule has 0 saturated carbocycles. The van der Waals surface area contributed by atoms with Crippen LogP contribution in [0.4, 0.5) is 4.39 Å². The Morgan fingerprint density at radius 3 is 2.66 bits per heavy atom. The lowest BCUT2D eigenvalue weighted by molar-refractivity contribution is 0.0915. The summed E-state index contributed by atoms with van der Waals surface area (Å²) in [5.74, 6) is -0.643. The van der Waals surface area contributed by atoms with E-state index in [1.54, 1.807) is 18.2 Å². The molecule has 0 aliphatic carbocycles. The Hall–Kier alpha value is -3.51. The van der Waals surface area contributed by atoms with Crippen molar-refractivity contribution in [3.05, 3.63) is 89.2 Å². The van der Waals surface area contributed by atoms with Crippen LogP contribution in [0.1, 0.15) is 27.5 Å². The number of fused-ring (bicyclic) bond motifs is 1. The van der Waals surface area contributed by atoms with Crippen LogP contribution in [0.2, 0.25) is 0 Å². The monoisotopic (exact) mass is 389 g/mol. The van der Waals surface area contributed by atoms with Gasteiger partial charge in [0, 0.05) is 16.5 Å².